The van der Waals surface area contributed by atoms with Gasteiger partial charge in [0.05, 0.1) is 6.61 Å². The Morgan fingerprint density at radius 1 is 1.13 bits per heavy atom. The lowest BCUT2D eigenvalue weighted by Crippen LogP contribution is -2.26. The van der Waals surface area contributed by atoms with Crippen LogP contribution in [0.5, 0.6) is 0 Å². The number of carbonyl (C=O) groups is 1. The molecular weight excluding hydrogens is 213 g/mol. The number of alkyl halides is 3. The lowest BCUT2D eigenvalue weighted by atomic mass is 10.3. The molecule has 0 spiro atoms. The Kier molecular flexibility index (Phi) is 7.11. The molecule has 0 aromatic carbocycles. The van der Waals surface area contributed by atoms with Crippen LogP contribution in [0.15, 0.2) is 0 Å². The van der Waals surface area contributed by atoms with Gasteiger partial charge in [0.25, 0.3) is 0 Å². The summed E-state index contributed by atoms with van der Waals surface area (Å²) in [6.45, 7) is 2.17. The fraction of sp³-hybridized carbons (Fsp3) is 0.889. The highest BCUT2D eigenvalue weighted by Crippen LogP contribution is 2.16. The van der Waals surface area contributed by atoms with Gasteiger partial charge in [0.1, 0.15) is 6.61 Å². The van der Waals surface area contributed by atoms with Crippen molar-refractivity contribution in [1.29, 1.82) is 0 Å². The predicted molar refractivity (Wildman–Crippen MR) is 47.4 cm³/mol. The second-order valence-electron chi connectivity index (χ2n) is 2.95. The Hall–Kier alpha value is -0.780. The molecule has 0 atom stereocenters. The maximum absolute atomic E-state index is 11.6. The van der Waals surface area contributed by atoms with Gasteiger partial charge in [-0.05, 0) is 6.42 Å². The molecule has 0 fully saturated rings. The zero-order valence-electron chi connectivity index (χ0n) is 8.60. The van der Waals surface area contributed by atoms with Crippen LogP contribution in [-0.4, -0.2) is 32.0 Å². The van der Waals surface area contributed by atoms with Crippen LogP contribution in [0.25, 0.3) is 0 Å². The van der Waals surface area contributed by atoms with Crippen LogP contribution in [-0.2, 0) is 14.3 Å². The van der Waals surface area contributed by atoms with Crippen LogP contribution in [0.3, 0.4) is 0 Å². The zero-order valence-corrected chi connectivity index (χ0v) is 8.60. The predicted octanol–water partition coefficient (Wildman–Crippen LogP) is 2.30. The van der Waals surface area contributed by atoms with Gasteiger partial charge in [-0.25, -0.2) is 4.79 Å². The van der Waals surface area contributed by atoms with Gasteiger partial charge < -0.3 is 9.47 Å². The summed E-state index contributed by atoms with van der Waals surface area (Å²) in [5, 5.41) is 0. The first-order valence-corrected chi connectivity index (χ1v) is 4.80. The van der Waals surface area contributed by atoms with E-state index in [4.69, 9.17) is 4.74 Å². The second-order valence-corrected chi connectivity index (χ2v) is 2.95. The zero-order chi connectivity index (χ0) is 11.7. The molecule has 0 aliphatic heterocycles. The number of carbonyl (C=O) groups excluding carboxylic acids is 1. The van der Waals surface area contributed by atoms with Gasteiger partial charge in [0.2, 0.25) is 0 Å². The number of rotatable bonds is 7. The summed E-state index contributed by atoms with van der Waals surface area (Å²) in [4.78, 5) is 10.2. The van der Waals surface area contributed by atoms with Crippen LogP contribution in [0, 0.1) is 0 Å². The van der Waals surface area contributed by atoms with Crippen LogP contribution < -0.4 is 0 Å². The molecule has 0 bridgehead atoms. The Morgan fingerprint density at radius 3 is 2.33 bits per heavy atom. The number of hydrogen-bond donors (Lipinski definition) is 0. The smallest absolute Gasteiger partial charge is 0.457 e. The van der Waals surface area contributed by atoms with Crippen molar-refractivity contribution in [2.45, 2.75) is 32.4 Å². The van der Waals surface area contributed by atoms with Crippen LogP contribution in [0.2, 0.25) is 0 Å². The quantitative estimate of drug-likeness (QED) is 0.495. The molecule has 3 nitrogen and oxygen atoms in total. The van der Waals surface area contributed by atoms with E-state index in [-0.39, 0.29) is 13.2 Å². The highest BCUT2D eigenvalue weighted by Gasteiger charge is 2.40. The average molecular weight is 228 g/mol. The summed E-state index contributed by atoms with van der Waals surface area (Å²) >= 11 is 0. The maximum Gasteiger partial charge on any atom is 0.490 e. The van der Waals surface area contributed by atoms with Crippen LogP contribution in [0.1, 0.15) is 26.2 Å². The Bertz CT molecular complexity index is 180. The van der Waals surface area contributed by atoms with E-state index in [0.717, 1.165) is 19.3 Å². The lowest BCUT2D eigenvalue weighted by molar-refractivity contribution is -0.200. The molecule has 0 saturated carbocycles. The molecule has 0 radical (unpaired) electrons. The molecule has 0 rings (SSSR count). The molecule has 0 unspecified atom stereocenters. The first-order chi connectivity index (χ1) is 6.98. The molecule has 0 aromatic heterocycles. The summed E-state index contributed by atoms with van der Waals surface area (Å²) in [5.74, 6) is -2.17. The largest absolute Gasteiger partial charge is 0.490 e. The summed E-state index contributed by atoms with van der Waals surface area (Å²) in [6, 6.07) is 0. The van der Waals surface area contributed by atoms with E-state index in [9.17, 15) is 18.0 Å². The average Bonchev–Trinajstić information content (AvgIpc) is 2.14. The van der Waals surface area contributed by atoms with E-state index in [0.29, 0.717) is 6.61 Å². The van der Waals surface area contributed by atoms with Crippen molar-refractivity contribution in [3.8, 4) is 0 Å². The van der Waals surface area contributed by atoms with Crippen molar-refractivity contribution in [2.24, 2.45) is 0 Å². The topological polar surface area (TPSA) is 35.5 Å². The first-order valence-electron chi connectivity index (χ1n) is 4.80. The van der Waals surface area contributed by atoms with Crippen molar-refractivity contribution < 1.29 is 27.4 Å². The molecule has 0 N–H and O–H groups in total. The summed E-state index contributed by atoms with van der Waals surface area (Å²) in [7, 11) is 0. The SMILES string of the molecule is CCCCCOCCOC(=O)C(F)(F)F. The Balaban J connectivity index is 3.28. The molecule has 0 aromatic rings. The third-order valence-corrected chi connectivity index (χ3v) is 1.58. The molecular formula is C9H15F3O3. The molecule has 0 aliphatic carbocycles. The highest BCUT2D eigenvalue weighted by molar-refractivity contribution is 5.75. The van der Waals surface area contributed by atoms with E-state index in [1.807, 2.05) is 6.92 Å². The molecule has 0 heterocycles. The number of ether oxygens (including phenoxy) is 2. The lowest BCUT2D eigenvalue weighted by Gasteiger charge is -2.07. The van der Waals surface area contributed by atoms with E-state index < -0.39 is 12.1 Å². The van der Waals surface area contributed by atoms with Crippen molar-refractivity contribution in [2.75, 3.05) is 19.8 Å². The van der Waals surface area contributed by atoms with Gasteiger partial charge >= 0.3 is 12.1 Å². The molecule has 0 aliphatic rings. The molecule has 0 amide bonds. The van der Waals surface area contributed by atoms with Gasteiger partial charge in [-0.1, -0.05) is 19.8 Å². The minimum absolute atomic E-state index is 0.00549. The van der Waals surface area contributed by atoms with Gasteiger partial charge in [0.15, 0.2) is 0 Å². The number of esters is 1. The Morgan fingerprint density at radius 2 is 1.80 bits per heavy atom. The normalized spacial score (nSPS) is 11.5. The van der Waals surface area contributed by atoms with Crippen molar-refractivity contribution in [1.82, 2.24) is 0 Å². The van der Waals surface area contributed by atoms with E-state index in [2.05, 4.69) is 4.74 Å². The maximum atomic E-state index is 11.6. The highest BCUT2D eigenvalue weighted by atomic mass is 19.4. The minimum Gasteiger partial charge on any atom is -0.457 e. The van der Waals surface area contributed by atoms with Crippen LogP contribution >= 0.6 is 0 Å². The van der Waals surface area contributed by atoms with E-state index >= 15 is 0 Å². The minimum atomic E-state index is -4.91. The second kappa shape index (κ2) is 7.50. The third kappa shape index (κ3) is 8.23. The molecule has 90 valence electrons. The van der Waals surface area contributed by atoms with Gasteiger partial charge in [-0.2, -0.15) is 13.2 Å². The van der Waals surface area contributed by atoms with E-state index in [1.165, 1.54) is 0 Å². The van der Waals surface area contributed by atoms with Crippen molar-refractivity contribution in [3.63, 3.8) is 0 Å². The van der Waals surface area contributed by atoms with E-state index in [1.54, 1.807) is 0 Å². The Labute approximate surface area is 86.5 Å². The molecule has 6 heteroatoms. The van der Waals surface area contributed by atoms with Crippen LogP contribution in [0.4, 0.5) is 13.2 Å². The molecule has 0 saturated heterocycles. The fourth-order valence-corrected chi connectivity index (χ4v) is 0.831. The number of halogens is 3. The van der Waals surface area contributed by atoms with Gasteiger partial charge in [0, 0.05) is 6.61 Å². The fourth-order valence-electron chi connectivity index (χ4n) is 0.831. The van der Waals surface area contributed by atoms with Crippen molar-refractivity contribution in [3.05, 3.63) is 0 Å². The standard InChI is InChI=1S/C9H15F3O3/c1-2-3-4-5-14-6-7-15-8(13)9(10,11)12/h2-7H2,1H3. The van der Waals surface area contributed by atoms with Gasteiger partial charge in [-0.3, -0.25) is 0 Å². The third-order valence-electron chi connectivity index (χ3n) is 1.58. The number of unbranched alkanes of at least 4 members (excludes halogenated alkanes) is 2. The summed E-state index contributed by atoms with van der Waals surface area (Å²) in [5.41, 5.74) is 0. The van der Waals surface area contributed by atoms with Crippen molar-refractivity contribution >= 4 is 5.97 Å². The first kappa shape index (κ1) is 14.2. The summed E-state index contributed by atoms with van der Waals surface area (Å²) in [6.07, 6.45) is -1.99. The number of hydrogen-bond acceptors (Lipinski definition) is 3. The summed E-state index contributed by atoms with van der Waals surface area (Å²) < 4.78 is 43.7. The monoisotopic (exact) mass is 228 g/mol. The molecule has 15 heavy (non-hydrogen) atoms. The van der Waals surface area contributed by atoms with Gasteiger partial charge in [-0.15, -0.1) is 0 Å².